The Morgan fingerprint density at radius 2 is 2.04 bits per heavy atom. The van der Waals surface area contributed by atoms with Crippen LogP contribution in [0.4, 0.5) is 0 Å². The summed E-state index contributed by atoms with van der Waals surface area (Å²) < 4.78 is 11.2. The van der Waals surface area contributed by atoms with Gasteiger partial charge in [-0.25, -0.2) is 0 Å². The van der Waals surface area contributed by atoms with Crippen LogP contribution in [-0.4, -0.2) is 12.4 Å². The molecule has 0 unspecified atom stereocenters. The fourth-order valence-corrected chi connectivity index (χ4v) is 2.69. The summed E-state index contributed by atoms with van der Waals surface area (Å²) in [4.78, 5) is 12.4. The molecule has 2 aromatic carbocycles. The van der Waals surface area contributed by atoms with Crippen LogP contribution in [0.5, 0.6) is 11.5 Å². The van der Waals surface area contributed by atoms with E-state index < -0.39 is 0 Å². The first kappa shape index (κ1) is 16.6. The van der Waals surface area contributed by atoms with Crippen molar-refractivity contribution in [2.45, 2.75) is 6.92 Å². The SMILES string of the molecule is C=C(C)COc1ccc2c(c1)OC(=Cc1ccc(Cl)cc1Cl)C2=O. The summed E-state index contributed by atoms with van der Waals surface area (Å²) in [5.41, 5.74) is 2.07. The van der Waals surface area contributed by atoms with E-state index in [2.05, 4.69) is 6.58 Å². The Labute approximate surface area is 150 Å². The molecule has 0 spiro atoms. The van der Waals surface area contributed by atoms with Gasteiger partial charge < -0.3 is 9.47 Å². The van der Waals surface area contributed by atoms with E-state index in [1.54, 1.807) is 42.5 Å². The number of allylic oxidation sites excluding steroid dienone is 1. The van der Waals surface area contributed by atoms with Gasteiger partial charge in [-0.2, -0.15) is 0 Å². The minimum atomic E-state index is -0.192. The molecule has 0 saturated heterocycles. The van der Waals surface area contributed by atoms with Gasteiger partial charge in [0.15, 0.2) is 5.76 Å². The summed E-state index contributed by atoms with van der Waals surface area (Å²) in [5.74, 6) is 1.11. The molecule has 0 aliphatic carbocycles. The average Bonchev–Trinajstić information content (AvgIpc) is 2.84. The van der Waals surface area contributed by atoms with Crippen LogP contribution in [0.3, 0.4) is 0 Å². The zero-order chi connectivity index (χ0) is 17.3. The van der Waals surface area contributed by atoms with E-state index in [9.17, 15) is 4.79 Å². The molecule has 0 atom stereocenters. The minimum absolute atomic E-state index is 0.192. The van der Waals surface area contributed by atoms with Crippen molar-refractivity contribution in [3.05, 3.63) is 75.5 Å². The van der Waals surface area contributed by atoms with Crippen molar-refractivity contribution in [2.75, 3.05) is 6.61 Å². The van der Waals surface area contributed by atoms with Gasteiger partial charge in [-0.15, -0.1) is 0 Å². The Balaban J connectivity index is 1.87. The van der Waals surface area contributed by atoms with Crippen LogP contribution in [0.15, 0.2) is 54.3 Å². The maximum atomic E-state index is 12.4. The number of hydrogen-bond donors (Lipinski definition) is 0. The lowest BCUT2D eigenvalue weighted by Gasteiger charge is -2.06. The van der Waals surface area contributed by atoms with Gasteiger partial charge in [0.2, 0.25) is 5.78 Å². The van der Waals surface area contributed by atoms with Gasteiger partial charge in [0, 0.05) is 16.1 Å². The van der Waals surface area contributed by atoms with Crippen LogP contribution >= 0.6 is 23.2 Å². The van der Waals surface area contributed by atoms with Gasteiger partial charge in [0.25, 0.3) is 0 Å². The number of halogens is 2. The second kappa shape index (κ2) is 6.71. The molecule has 0 aromatic heterocycles. The predicted octanol–water partition coefficient (Wildman–Crippen LogP) is 5.56. The highest BCUT2D eigenvalue weighted by Crippen LogP contribution is 2.35. The highest BCUT2D eigenvalue weighted by Gasteiger charge is 2.28. The van der Waals surface area contributed by atoms with E-state index in [-0.39, 0.29) is 11.5 Å². The number of Topliss-reactive ketones (excluding diaryl/α,β-unsaturated/α-hetero) is 1. The van der Waals surface area contributed by atoms with Crippen molar-refractivity contribution < 1.29 is 14.3 Å². The van der Waals surface area contributed by atoms with Crippen LogP contribution in [-0.2, 0) is 0 Å². The Bertz CT molecular complexity index is 869. The lowest BCUT2D eigenvalue weighted by Crippen LogP contribution is -1.98. The third kappa shape index (κ3) is 3.48. The molecule has 3 nitrogen and oxygen atoms in total. The molecule has 3 rings (SSSR count). The van der Waals surface area contributed by atoms with Crippen molar-refractivity contribution in [2.24, 2.45) is 0 Å². The van der Waals surface area contributed by atoms with Crippen molar-refractivity contribution in [1.82, 2.24) is 0 Å². The monoisotopic (exact) mass is 360 g/mol. The van der Waals surface area contributed by atoms with Crippen LogP contribution in [0.1, 0.15) is 22.8 Å². The van der Waals surface area contributed by atoms with Crippen LogP contribution < -0.4 is 9.47 Å². The molecule has 0 saturated carbocycles. The van der Waals surface area contributed by atoms with Gasteiger partial charge in [-0.05, 0) is 48.4 Å². The standard InChI is InChI=1S/C19H14Cl2O3/c1-11(2)10-23-14-5-6-15-17(9-14)24-18(19(15)22)7-12-3-4-13(20)8-16(12)21/h3-9H,1,10H2,2H3. The molecule has 122 valence electrons. The van der Waals surface area contributed by atoms with E-state index in [1.807, 2.05) is 6.92 Å². The molecule has 0 amide bonds. The van der Waals surface area contributed by atoms with E-state index >= 15 is 0 Å². The summed E-state index contributed by atoms with van der Waals surface area (Å²) in [6.45, 7) is 6.08. The molecule has 0 radical (unpaired) electrons. The molecule has 0 N–H and O–H groups in total. The van der Waals surface area contributed by atoms with Crippen LogP contribution in [0.25, 0.3) is 6.08 Å². The maximum Gasteiger partial charge on any atom is 0.231 e. The molecule has 1 aliphatic rings. The first-order valence-electron chi connectivity index (χ1n) is 7.24. The second-order valence-electron chi connectivity index (χ2n) is 5.51. The van der Waals surface area contributed by atoms with Gasteiger partial charge in [0.05, 0.1) is 5.56 Å². The Hall–Kier alpha value is -2.23. The lowest BCUT2D eigenvalue weighted by atomic mass is 10.1. The number of fused-ring (bicyclic) bond motifs is 1. The highest BCUT2D eigenvalue weighted by atomic mass is 35.5. The van der Waals surface area contributed by atoms with Crippen molar-refractivity contribution >= 4 is 35.1 Å². The molecule has 1 aliphatic heterocycles. The zero-order valence-corrected chi connectivity index (χ0v) is 14.4. The summed E-state index contributed by atoms with van der Waals surface area (Å²) in [6.07, 6.45) is 1.61. The molecule has 2 aromatic rings. The number of ketones is 1. The number of carbonyl (C=O) groups excluding carboxylic acids is 1. The van der Waals surface area contributed by atoms with Crippen LogP contribution in [0.2, 0.25) is 10.0 Å². The van der Waals surface area contributed by atoms with Gasteiger partial charge in [-0.3, -0.25) is 4.79 Å². The molecular formula is C19H14Cl2O3. The fraction of sp³-hybridized carbons (Fsp3) is 0.105. The summed E-state index contributed by atoms with van der Waals surface area (Å²) in [5, 5.41) is 0.983. The van der Waals surface area contributed by atoms with E-state index in [1.165, 1.54) is 0 Å². The summed E-state index contributed by atoms with van der Waals surface area (Å²) >= 11 is 12.0. The number of rotatable bonds is 4. The predicted molar refractivity (Wildman–Crippen MR) is 96.1 cm³/mol. The van der Waals surface area contributed by atoms with Crippen molar-refractivity contribution in [3.8, 4) is 11.5 Å². The quantitative estimate of drug-likeness (QED) is 0.528. The smallest absolute Gasteiger partial charge is 0.231 e. The lowest BCUT2D eigenvalue weighted by molar-refractivity contribution is 0.101. The largest absolute Gasteiger partial charge is 0.489 e. The molecule has 24 heavy (non-hydrogen) atoms. The maximum absolute atomic E-state index is 12.4. The molecule has 0 fully saturated rings. The summed E-state index contributed by atoms with van der Waals surface area (Å²) in [7, 11) is 0. The topological polar surface area (TPSA) is 35.5 Å². The molecule has 0 bridgehead atoms. The third-order valence-corrected chi connectivity index (χ3v) is 3.94. The highest BCUT2D eigenvalue weighted by molar-refractivity contribution is 6.35. The number of hydrogen-bond acceptors (Lipinski definition) is 3. The Morgan fingerprint density at radius 3 is 2.75 bits per heavy atom. The normalized spacial score (nSPS) is 14.5. The van der Waals surface area contributed by atoms with E-state index in [0.29, 0.717) is 39.3 Å². The minimum Gasteiger partial charge on any atom is -0.489 e. The fourth-order valence-electron chi connectivity index (χ4n) is 2.22. The van der Waals surface area contributed by atoms with Gasteiger partial charge in [-0.1, -0.05) is 35.8 Å². The van der Waals surface area contributed by atoms with Crippen molar-refractivity contribution in [1.29, 1.82) is 0 Å². The first-order chi connectivity index (χ1) is 11.4. The molecular weight excluding hydrogens is 347 g/mol. The number of carbonyl (C=O) groups is 1. The molecule has 5 heteroatoms. The second-order valence-corrected chi connectivity index (χ2v) is 6.35. The van der Waals surface area contributed by atoms with E-state index in [4.69, 9.17) is 32.7 Å². The number of benzene rings is 2. The average molecular weight is 361 g/mol. The number of ether oxygens (including phenoxy) is 2. The van der Waals surface area contributed by atoms with Gasteiger partial charge in [0.1, 0.15) is 18.1 Å². The van der Waals surface area contributed by atoms with E-state index in [0.717, 1.165) is 5.57 Å². The third-order valence-electron chi connectivity index (χ3n) is 3.38. The molecule has 1 heterocycles. The van der Waals surface area contributed by atoms with Gasteiger partial charge >= 0.3 is 0 Å². The Kier molecular flexibility index (Phi) is 4.65. The zero-order valence-electron chi connectivity index (χ0n) is 12.9. The van der Waals surface area contributed by atoms with Crippen molar-refractivity contribution in [3.63, 3.8) is 0 Å². The van der Waals surface area contributed by atoms with Crippen LogP contribution in [0, 0.1) is 0 Å². The first-order valence-corrected chi connectivity index (χ1v) is 8.00. The summed E-state index contributed by atoms with van der Waals surface area (Å²) in [6, 6.07) is 10.2. The Morgan fingerprint density at radius 1 is 1.25 bits per heavy atom.